The number of methoxy groups -OCH3 is 1. The second-order valence-electron chi connectivity index (χ2n) is 11.8. The molecule has 1 aliphatic heterocycles. The van der Waals surface area contributed by atoms with Crippen LogP contribution in [-0.2, 0) is 9.47 Å². The molecule has 0 aromatic heterocycles. The molecule has 1 aliphatic rings. The summed E-state index contributed by atoms with van der Waals surface area (Å²) >= 11 is 0. The van der Waals surface area contributed by atoms with E-state index in [1.54, 1.807) is 19.2 Å². The van der Waals surface area contributed by atoms with Crippen molar-refractivity contribution in [3.05, 3.63) is 29.8 Å². The van der Waals surface area contributed by atoms with Gasteiger partial charge in [-0.25, -0.2) is 4.79 Å². The number of piperidine rings is 1. The fraction of sp³-hybridized carbons (Fsp3) is 0.733. The fourth-order valence-corrected chi connectivity index (χ4v) is 4.71. The number of alkyl carbamates (subject to hydrolysis) is 1. The van der Waals surface area contributed by atoms with Crippen LogP contribution in [0.25, 0.3) is 0 Å². The normalized spacial score (nSPS) is 16.8. The number of likely N-dealkylation sites (tertiary alicyclic amines) is 1. The number of aliphatic hydroxyl groups is 1. The number of para-hydroxylation sites is 1. The molecule has 3 atom stereocenters. The van der Waals surface area contributed by atoms with E-state index < -0.39 is 23.8 Å². The number of carbonyl (C=O) groups is 2. The minimum atomic E-state index is -0.756. The Morgan fingerprint density at radius 3 is 2.41 bits per heavy atom. The lowest BCUT2D eigenvalue weighted by Gasteiger charge is -2.34. The van der Waals surface area contributed by atoms with E-state index in [0.717, 1.165) is 32.4 Å². The Morgan fingerprint density at radius 2 is 1.77 bits per heavy atom. The van der Waals surface area contributed by atoms with E-state index in [9.17, 15) is 14.7 Å². The van der Waals surface area contributed by atoms with Gasteiger partial charge >= 0.3 is 6.09 Å². The number of carbonyl (C=O) groups excluding carboxylic acids is 2. The van der Waals surface area contributed by atoms with Gasteiger partial charge < -0.3 is 34.9 Å². The van der Waals surface area contributed by atoms with Gasteiger partial charge in [-0.15, -0.1) is 0 Å². The van der Waals surface area contributed by atoms with E-state index in [0.29, 0.717) is 44.0 Å². The van der Waals surface area contributed by atoms with Crippen LogP contribution in [0.5, 0.6) is 5.75 Å². The van der Waals surface area contributed by atoms with Crippen molar-refractivity contribution in [2.45, 2.75) is 84.5 Å². The third kappa shape index (κ3) is 12.6. The average molecular weight is 550 g/mol. The van der Waals surface area contributed by atoms with Crippen molar-refractivity contribution < 1.29 is 28.9 Å². The van der Waals surface area contributed by atoms with Gasteiger partial charge in [-0.3, -0.25) is 4.79 Å². The van der Waals surface area contributed by atoms with Crippen molar-refractivity contribution in [3.8, 4) is 5.75 Å². The molecule has 0 unspecified atom stereocenters. The summed E-state index contributed by atoms with van der Waals surface area (Å²) < 4.78 is 16.4. The van der Waals surface area contributed by atoms with Crippen molar-refractivity contribution in [2.24, 2.45) is 11.8 Å². The molecule has 2 rings (SSSR count). The van der Waals surface area contributed by atoms with Crippen molar-refractivity contribution in [1.29, 1.82) is 0 Å². The van der Waals surface area contributed by atoms with E-state index in [-0.39, 0.29) is 17.7 Å². The molecule has 222 valence electrons. The molecule has 0 aliphatic carbocycles. The van der Waals surface area contributed by atoms with Gasteiger partial charge in [0.25, 0.3) is 5.91 Å². The lowest BCUT2D eigenvalue weighted by Crippen LogP contribution is -2.51. The average Bonchev–Trinajstić information content (AvgIpc) is 2.87. The first-order chi connectivity index (χ1) is 18.5. The van der Waals surface area contributed by atoms with E-state index in [1.165, 1.54) is 6.42 Å². The van der Waals surface area contributed by atoms with Crippen LogP contribution in [0.2, 0.25) is 0 Å². The van der Waals surface area contributed by atoms with Crippen LogP contribution in [0.15, 0.2) is 24.3 Å². The van der Waals surface area contributed by atoms with Crippen LogP contribution in [-0.4, -0.2) is 86.3 Å². The molecule has 0 spiro atoms. The second-order valence-corrected chi connectivity index (χ2v) is 11.8. The molecule has 3 N–H and O–H groups in total. The molecule has 1 heterocycles. The van der Waals surface area contributed by atoms with Crippen molar-refractivity contribution in [3.63, 3.8) is 0 Å². The summed E-state index contributed by atoms with van der Waals surface area (Å²) in [6, 6.07) is 6.69. The van der Waals surface area contributed by atoms with E-state index in [1.807, 2.05) is 32.9 Å². The maximum absolute atomic E-state index is 13.1. The molecule has 2 amide bonds. The highest BCUT2D eigenvalue weighted by Crippen LogP contribution is 2.22. The molecule has 0 bridgehead atoms. The predicted octanol–water partition coefficient (Wildman–Crippen LogP) is 4.23. The highest BCUT2D eigenvalue weighted by Gasteiger charge is 2.30. The Kier molecular flexibility index (Phi) is 14.0. The smallest absolute Gasteiger partial charge is 0.407 e. The zero-order valence-corrected chi connectivity index (χ0v) is 24.8. The monoisotopic (exact) mass is 549 g/mol. The van der Waals surface area contributed by atoms with Crippen LogP contribution in [0.3, 0.4) is 0 Å². The summed E-state index contributed by atoms with van der Waals surface area (Å²) in [5.41, 5.74) is -0.164. The van der Waals surface area contributed by atoms with Crippen LogP contribution in [0.4, 0.5) is 4.79 Å². The van der Waals surface area contributed by atoms with Crippen LogP contribution >= 0.6 is 0 Å². The summed E-state index contributed by atoms with van der Waals surface area (Å²) in [5, 5.41) is 17.2. The molecular formula is C30H51N3O6. The Morgan fingerprint density at radius 1 is 1.08 bits per heavy atom. The Labute approximate surface area is 235 Å². The molecular weight excluding hydrogens is 498 g/mol. The quantitative estimate of drug-likeness (QED) is 0.281. The molecule has 1 aromatic rings. The zero-order valence-electron chi connectivity index (χ0n) is 24.8. The highest BCUT2D eigenvalue weighted by molar-refractivity contribution is 5.96. The standard InChI is InChI=1S/C30H51N3O6/c1-22(2)23(20-31-28(35)24-13-8-9-14-27(24)38-18-12-17-37-6)19-25(32-29(36)39-30(3,4)5)26(34)21-33-15-10-7-11-16-33/h8-9,13-14,22-23,25-26,34H,7,10-12,15-21H2,1-6H3,(H,31,35)(H,32,36)/t23-,25+,26+/m1/s1. The largest absolute Gasteiger partial charge is 0.493 e. The molecule has 1 saturated heterocycles. The van der Waals surface area contributed by atoms with E-state index >= 15 is 0 Å². The van der Waals surface area contributed by atoms with Crippen LogP contribution in [0.1, 0.15) is 77.1 Å². The fourth-order valence-electron chi connectivity index (χ4n) is 4.71. The van der Waals surface area contributed by atoms with Crippen molar-refractivity contribution >= 4 is 12.0 Å². The van der Waals surface area contributed by atoms with E-state index in [4.69, 9.17) is 14.2 Å². The van der Waals surface area contributed by atoms with Gasteiger partial charge in [0.2, 0.25) is 0 Å². The zero-order chi connectivity index (χ0) is 28.8. The topological polar surface area (TPSA) is 109 Å². The summed E-state index contributed by atoms with van der Waals surface area (Å²) in [7, 11) is 1.65. The molecule has 0 radical (unpaired) electrons. The summed E-state index contributed by atoms with van der Waals surface area (Å²) in [6.45, 7) is 13.5. The SMILES string of the molecule is COCCCOc1ccccc1C(=O)NC[C@@H](C[C@H](NC(=O)OC(C)(C)C)[C@@H](O)CN1CCCCC1)C(C)C. The Balaban J connectivity index is 2.07. The predicted molar refractivity (Wildman–Crippen MR) is 153 cm³/mol. The number of amides is 2. The maximum Gasteiger partial charge on any atom is 0.407 e. The third-order valence-electron chi connectivity index (χ3n) is 6.97. The van der Waals surface area contributed by atoms with Gasteiger partial charge in [0.05, 0.1) is 24.3 Å². The number of ether oxygens (including phenoxy) is 3. The number of β-amino-alcohol motifs (C(OH)–C–C–N with tert-alkyl or cyclic N) is 1. The minimum absolute atomic E-state index is 0.0136. The molecule has 39 heavy (non-hydrogen) atoms. The van der Waals surface area contributed by atoms with Gasteiger partial charge in [-0.1, -0.05) is 32.4 Å². The van der Waals surface area contributed by atoms with Crippen LogP contribution in [0, 0.1) is 11.8 Å². The Bertz CT molecular complexity index is 866. The van der Waals surface area contributed by atoms with Gasteiger partial charge in [0.15, 0.2) is 0 Å². The van der Waals surface area contributed by atoms with Gasteiger partial charge in [-0.2, -0.15) is 0 Å². The van der Waals surface area contributed by atoms with Crippen molar-refractivity contribution in [2.75, 3.05) is 46.5 Å². The lowest BCUT2D eigenvalue weighted by atomic mass is 9.87. The third-order valence-corrected chi connectivity index (χ3v) is 6.97. The van der Waals surface area contributed by atoms with E-state index in [2.05, 4.69) is 29.4 Å². The molecule has 0 saturated carbocycles. The Hall–Kier alpha value is -2.36. The summed E-state index contributed by atoms with van der Waals surface area (Å²) in [4.78, 5) is 28.1. The summed E-state index contributed by atoms with van der Waals surface area (Å²) in [5.74, 6) is 0.540. The first kappa shape index (κ1) is 32.8. The number of hydrogen-bond donors (Lipinski definition) is 3. The number of rotatable bonds is 15. The first-order valence-corrected chi connectivity index (χ1v) is 14.4. The van der Waals surface area contributed by atoms with Gasteiger partial charge in [-0.05, 0) is 77.1 Å². The van der Waals surface area contributed by atoms with Gasteiger partial charge in [0.1, 0.15) is 11.4 Å². The summed E-state index contributed by atoms with van der Waals surface area (Å²) in [6.07, 6.45) is 3.38. The number of hydrogen-bond acceptors (Lipinski definition) is 7. The number of nitrogens with one attached hydrogen (secondary N) is 2. The van der Waals surface area contributed by atoms with Crippen molar-refractivity contribution in [1.82, 2.24) is 15.5 Å². The number of aliphatic hydroxyl groups excluding tert-OH is 1. The maximum atomic E-state index is 13.1. The van der Waals surface area contributed by atoms with Crippen LogP contribution < -0.4 is 15.4 Å². The van der Waals surface area contributed by atoms with Gasteiger partial charge in [0, 0.05) is 33.2 Å². The molecule has 9 nitrogen and oxygen atoms in total. The number of benzene rings is 1. The highest BCUT2D eigenvalue weighted by atomic mass is 16.6. The molecule has 1 aromatic carbocycles. The molecule has 9 heteroatoms. The lowest BCUT2D eigenvalue weighted by molar-refractivity contribution is 0.0299. The minimum Gasteiger partial charge on any atom is -0.493 e. The second kappa shape index (κ2) is 16.7. The number of nitrogens with zero attached hydrogens (tertiary/aromatic N) is 1. The first-order valence-electron chi connectivity index (χ1n) is 14.4. The molecule has 1 fully saturated rings.